The minimum Gasteiger partial charge on any atom is -0.448 e. The molecule has 2 N–H and O–H groups in total. The van der Waals surface area contributed by atoms with Crippen molar-refractivity contribution < 1.29 is 14.3 Å². The van der Waals surface area contributed by atoms with E-state index in [1.807, 2.05) is 18.2 Å². The Balaban J connectivity index is 1.45. The van der Waals surface area contributed by atoms with Crippen molar-refractivity contribution >= 4 is 22.8 Å². The maximum absolute atomic E-state index is 12.6. The number of fused-ring (bicyclic) bond motifs is 2. The highest BCUT2D eigenvalue weighted by Crippen LogP contribution is 2.29. The van der Waals surface area contributed by atoms with Crippen LogP contribution in [-0.4, -0.2) is 23.0 Å². The standard InChI is InChI=1S/C23H22N2O4/c1-14(22(27)25-18-12-6-8-15-7-2-3-9-16(15)18)29-23(28)20-13-21(26)17-10-4-5-11-19(17)24-20/h2-5,7,9-11,13-14,18H,6,8,12H2,1H3,(H,24,26)(H,25,27)/t14-,18-/m0/s1. The van der Waals surface area contributed by atoms with Gasteiger partial charge in [0, 0.05) is 17.0 Å². The van der Waals surface area contributed by atoms with Gasteiger partial charge in [0.2, 0.25) is 0 Å². The fraction of sp³-hybridized carbons (Fsp3) is 0.261. The molecule has 6 nitrogen and oxygen atoms in total. The van der Waals surface area contributed by atoms with E-state index in [-0.39, 0.29) is 23.1 Å². The summed E-state index contributed by atoms with van der Waals surface area (Å²) in [5.41, 5.74) is 2.65. The number of aromatic nitrogens is 1. The molecule has 0 bridgehead atoms. The van der Waals surface area contributed by atoms with Crippen LogP contribution in [0.5, 0.6) is 0 Å². The zero-order chi connectivity index (χ0) is 20.4. The Morgan fingerprint density at radius 2 is 1.90 bits per heavy atom. The topological polar surface area (TPSA) is 88.3 Å². The number of esters is 1. The second kappa shape index (κ2) is 7.91. The SMILES string of the molecule is C[C@H](OC(=O)c1cc(=O)c2ccccc2[nH]1)C(=O)N[C@H]1CCCc2ccccc21. The molecule has 148 valence electrons. The second-order valence-electron chi connectivity index (χ2n) is 7.29. The molecule has 0 saturated heterocycles. The summed E-state index contributed by atoms with van der Waals surface area (Å²) in [6, 6.07) is 16.1. The summed E-state index contributed by atoms with van der Waals surface area (Å²) in [4.78, 5) is 40.2. The molecule has 0 fully saturated rings. The molecule has 4 rings (SSSR count). The first-order valence-corrected chi connectivity index (χ1v) is 9.74. The summed E-state index contributed by atoms with van der Waals surface area (Å²) in [5, 5.41) is 3.48. The van der Waals surface area contributed by atoms with E-state index in [1.54, 1.807) is 24.3 Å². The van der Waals surface area contributed by atoms with Gasteiger partial charge in [-0.2, -0.15) is 0 Å². The van der Waals surface area contributed by atoms with E-state index in [0.717, 1.165) is 24.8 Å². The zero-order valence-corrected chi connectivity index (χ0v) is 16.1. The molecule has 1 amide bonds. The lowest BCUT2D eigenvalue weighted by Gasteiger charge is -2.27. The molecule has 0 radical (unpaired) electrons. The van der Waals surface area contributed by atoms with E-state index >= 15 is 0 Å². The van der Waals surface area contributed by atoms with E-state index in [2.05, 4.69) is 16.4 Å². The highest BCUT2D eigenvalue weighted by Gasteiger charge is 2.26. The lowest BCUT2D eigenvalue weighted by Crippen LogP contribution is -2.39. The number of carbonyl (C=O) groups excluding carboxylic acids is 2. The normalized spacial score (nSPS) is 16.7. The molecule has 29 heavy (non-hydrogen) atoms. The van der Waals surface area contributed by atoms with Crippen molar-refractivity contribution in [2.24, 2.45) is 0 Å². The third-order valence-corrected chi connectivity index (χ3v) is 5.30. The molecule has 0 unspecified atom stereocenters. The molecule has 1 aliphatic rings. The summed E-state index contributed by atoms with van der Waals surface area (Å²) in [6.45, 7) is 1.53. The van der Waals surface area contributed by atoms with Crippen LogP contribution in [0, 0.1) is 0 Å². The van der Waals surface area contributed by atoms with Gasteiger partial charge in [-0.05, 0) is 49.4 Å². The molecule has 6 heteroatoms. The second-order valence-corrected chi connectivity index (χ2v) is 7.29. The molecule has 0 spiro atoms. The lowest BCUT2D eigenvalue weighted by molar-refractivity contribution is -0.130. The van der Waals surface area contributed by atoms with Gasteiger partial charge in [0.1, 0.15) is 5.69 Å². The van der Waals surface area contributed by atoms with Crippen molar-refractivity contribution in [2.45, 2.75) is 38.3 Å². The van der Waals surface area contributed by atoms with E-state index in [9.17, 15) is 14.4 Å². The average molecular weight is 390 g/mol. The molecular weight excluding hydrogens is 368 g/mol. The zero-order valence-electron chi connectivity index (χ0n) is 16.1. The molecule has 1 aromatic heterocycles. The minimum absolute atomic E-state index is 0.0244. The number of nitrogens with one attached hydrogen (secondary N) is 2. The highest BCUT2D eigenvalue weighted by molar-refractivity contribution is 5.93. The number of aryl methyl sites for hydroxylation is 1. The third kappa shape index (κ3) is 3.92. The largest absolute Gasteiger partial charge is 0.448 e. The average Bonchev–Trinajstić information content (AvgIpc) is 2.74. The number of rotatable bonds is 4. The fourth-order valence-corrected chi connectivity index (χ4v) is 3.78. The van der Waals surface area contributed by atoms with E-state index in [1.165, 1.54) is 18.6 Å². The van der Waals surface area contributed by atoms with Crippen LogP contribution < -0.4 is 10.7 Å². The smallest absolute Gasteiger partial charge is 0.355 e. The molecule has 3 aromatic rings. The van der Waals surface area contributed by atoms with Gasteiger partial charge in [-0.3, -0.25) is 9.59 Å². The van der Waals surface area contributed by atoms with E-state index < -0.39 is 12.1 Å². The van der Waals surface area contributed by atoms with E-state index in [4.69, 9.17) is 4.74 Å². The lowest BCUT2D eigenvalue weighted by atomic mass is 9.87. The van der Waals surface area contributed by atoms with Crippen LogP contribution in [0.3, 0.4) is 0 Å². The molecule has 0 saturated carbocycles. The number of ether oxygens (including phenoxy) is 1. The fourth-order valence-electron chi connectivity index (χ4n) is 3.78. The Labute approximate surface area is 167 Å². The summed E-state index contributed by atoms with van der Waals surface area (Å²) >= 11 is 0. The van der Waals surface area contributed by atoms with Crippen LogP contribution in [-0.2, 0) is 16.0 Å². The van der Waals surface area contributed by atoms with Gasteiger partial charge in [0.15, 0.2) is 11.5 Å². The Kier molecular flexibility index (Phi) is 5.16. The van der Waals surface area contributed by atoms with Crippen molar-refractivity contribution in [2.75, 3.05) is 0 Å². The van der Waals surface area contributed by atoms with Crippen LogP contribution in [0.1, 0.15) is 47.4 Å². The minimum atomic E-state index is -0.980. The Bertz CT molecular complexity index is 1130. The third-order valence-electron chi connectivity index (χ3n) is 5.30. The van der Waals surface area contributed by atoms with Gasteiger partial charge in [-0.1, -0.05) is 36.4 Å². The van der Waals surface area contributed by atoms with Gasteiger partial charge in [0.25, 0.3) is 5.91 Å². The van der Waals surface area contributed by atoms with Gasteiger partial charge in [0.05, 0.1) is 6.04 Å². The van der Waals surface area contributed by atoms with Gasteiger partial charge in [-0.25, -0.2) is 4.79 Å². The first-order chi connectivity index (χ1) is 14.0. The monoisotopic (exact) mass is 390 g/mol. The van der Waals surface area contributed by atoms with Crippen molar-refractivity contribution in [3.05, 3.63) is 81.6 Å². The van der Waals surface area contributed by atoms with Crippen LogP contribution in [0.15, 0.2) is 59.4 Å². The Morgan fingerprint density at radius 3 is 2.76 bits per heavy atom. The Morgan fingerprint density at radius 1 is 1.14 bits per heavy atom. The van der Waals surface area contributed by atoms with Gasteiger partial charge in [-0.15, -0.1) is 0 Å². The molecular formula is C23H22N2O4. The quantitative estimate of drug-likeness (QED) is 0.669. The van der Waals surface area contributed by atoms with Crippen LogP contribution in [0.4, 0.5) is 0 Å². The number of hydrogen-bond acceptors (Lipinski definition) is 4. The maximum Gasteiger partial charge on any atom is 0.355 e. The van der Waals surface area contributed by atoms with Crippen LogP contribution in [0.2, 0.25) is 0 Å². The maximum atomic E-state index is 12.6. The van der Waals surface area contributed by atoms with Crippen molar-refractivity contribution in [1.29, 1.82) is 0 Å². The predicted octanol–water partition coefficient (Wildman–Crippen LogP) is 3.27. The summed E-state index contributed by atoms with van der Waals surface area (Å²) in [5.74, 6) is -1.09. The molecule has 1 aliphatic carbocycles. The molecule has 0 aliphatic heterocycles. The number of hydrogen-bond donors (Lipinski definition) is 2. The number of para-hydroxylation sites is 1. The summed E-state index contributed by atoms with van der Waals surface area (Å²) in [6.07, 6.45) is 1.87. The molecule has 2 aromatic carbocycles. The predicted molar refractivity (Wildman–Crippen MR) is 110 cm³/mol. The first kappa shape index (κ1) is 18.9. The van der Waals surface area contributed by atoms with Crippen molar-refractivity contribution in [1.82, 2.24) is 10.3 Å². The number of benzene rings is 2. The van der Waals surface area contributed by atoms with E-state index in [0.29, 0.717) is 10.9 Å². The first-order valence-electron chi connectivity index (χ1n) is 9.74. The van der Waals surface area contributed by atoms with Crippen LogP contribution in [0.25, 0.3) is 10.9 Å². The summed E-state index contributed by atoms with van der Waals surface area (Å²) in [7, 11) is 0. The van der Waals surface area contributed by atoms with Crippen molar-refractivity contribution in [3.63, 3.8) is 0 Å². The number of aromatic amines is 1. The number of pyridine rings is 1. The molecule has 1 heterocycles. The van der Waals surface area contributed by atoms with Crippen LogP contribution >= 0.6 is 0 Å². The molecule has 2 atom stereocenters. The summed E-state index contributed by atoms with van der Waals surface area (Å²) < 4.78 is 5.31. The van der Waals surface area contributed by atoms with Gasteiger partial charge < -0.3 is 15.0 Å². The number of amides is 1. The highest BCUT2D eigenvalue weighted by atomic mass is 16.5. The Hall–Kier alpha value is -3.41. The number of carbonyl (C=O) groups is 2. The van der Waals surface area contributed by atoms with Crippen molar-refractivity contribution in [3.8, 4) is 0 Å². The number of H-pyrrole nitrogens is 1. The van der Waals surface area contributed by atoms with Gasteiger partial charge >= 0.3 is 5.97 Å².